The first-order chi connectivity index (χ1) is 7.67. The zero-order chi connectivity index (χ0) is 12.0. The lowest BCUT2D eigenvalue weighted by Gasteiger charge is -2.28. The largest absolute Gasteiger partial charge is 0.383 e. The molecule has 0 radical (unpaired) electrons. The van der Waals surface area contributed by atoms with Crippen molar-refractivity contribution in [2.24, 2.45) is 0 Å². The molecular weight excluding hydrogens is 204 g/mol. The van der Waals surface area contributed by atoms with Crippen LogP contribution < -0.4 is 5.32 Å². The van der Waals surface area contributed by atoms with Gasteiger partial charge in [-0.2, -0.15) is 0 Å². The molecule has 1 N–H and O–H groups in total. The van der Waals surface area contributed by atoms with E-state index in [1.54, 1.807) is 14.2 Å². The number of rotatable bonds is 7. The molecule has 0 saturated carbocycles. The molecule has 0 spiro atoms. The second kappa shape index (κ2) is 7.22. The van der Waals surface area contributed by atoms with E-state index >= 15 is 0 Å². The highest BCUT2D eigenvalue weighted by Crippen LogP contribution is 2.12. The Morgan fingerprint density at radius 3 is 2.62 bits per heavy atom. The Morgan fingerprint density at radius 2 is 2.12 bits per heavy atom. The molecule has 1 heterocycles. The average Bonchev–Trinajstić information content (AvgIpc) is 2.71. The molecule has 0 aromatic carbocycles. The molecule has 2 unspecified atom stereocenters. The van der Waals surface area contributed by atoms with Gasteiger partial charge in [0.05, 0.1) is 12.7 Å². The van der Waals surface area contributed by atoms with Crippen LogP contribution in [0.25, 0.3) is 0 Å². The SMILES string of the molecule is COCCN(CC1CC(OC)CN1)C(C)C. The van der Waals surface area contributed by atoms with Gasteiger partial charge >= 0.3 is 0 Å². The van der Waals surface area contributed by atoms with Crippen LogP contribution in [0.4, 0.5) is 0 Å². The summed E-state index contributed by atoms with van der Waals surface area (Å²) in [6.45, 7) is 8.34. The molecule has 1 saturated heterocycles. The highest BCUT2D eigenvalue weighted by atomic mass is 16.5. The zero-order valence-electron chi connectivity index (χ0n) is 11.0. The highest BCUT2D eigenvalue weighted by molar-refractivity contribution is 4.85. The summed E-state index contributed by atoms with van der Waals surface area (Å²) in [4.78, 5) is 2.46. The summed E-state index contributed by atoms with van der Waals surface area (Å²) < 4.78 is 10.5. The molecule has 4 nitrogen and oxygen atoms in total. The molecule has 1 rings (SSSR count). The van der Waals surface area contributed by atoms with Crippen LogP contribution in [-0.2, 0) is 9.47 Å². The van der Waals surface area contributed by atoms with Crippen molar-refractivity contribution in [2.45, 2.75) is 38.5 Å². The number of ether oxygens (including phenoxy) is 2. The standard InChI is InChI=1S/C12H26N2O2/c1-10(2)14(5-6-15-3)9-11-7-12(16-4)8-13-11/h10-13H,5-9H2,1-4H3. The first-order valence-corrected chi connectivity index (χ1v) is 6.16. The van der Waals surface area contributed by atoms with Crippen molar-refractivity contribution in [1.82, 2.24) is 10.2 Å². The summed E-state index contributed by atoms with van der Waals surface area (Å²) in [5.74, 6) is 0. The summed E-state index contributed by atoms with van der Waals surface area (Å²) in [6, 6.07) is 1.13. The molecule has 0 amide bonds. The molecule has 2 atom stereocenters. The van der Waals surface area contributed by atoms with Crippen LogP contribution in [0, 0.1) is 0 Å². The third-order valence-electron chi connectivity index (χ3n) is 3.28. The molecule has 0 bridgehead atoms. The fourth-order valence-electron chi connectivity index (χ4n) is 2.15. The van der Waals surface area contributed by atoms with Crippen molar-refractivity contribution in [2.75, 3.05) is 40.5 Å². The molecule has 16 heavy (non-hydrogen) atoms. The molecule has 96 valence electrons. The number of hydrogen-bond acceptors (Lipinski definition) is 4. The quantitative estimate of drug-likeness (QED) is 0.699. The van der Waals surface area contributed by atoms with Gasteiger partial charge in [0.1, 0.15) is 0 Å². The van der Waals surface area contributed by atoms with E-state index in [0.29, 0.717) is 18.2 Å². The topological polar surface area (TPSA) is 33.7 Å². The van der Waals surface area contributed by atoms with Crippen LogP contribution in [0.2, 0.25) is 0 Å². The number of methoxy groups -OCH3 is 2. The van der Waals surface area contributed by atoms with Gasteiger partial charge in [-0.05, 0) is 20.3 Å². The summed E-state index contributed by atoms with van der Waals surface area (Å²) in [6.07, 6.45) is 1.51. The Bertz CT molecular complexity index is 188. The number of hydrogen-bond donors (Lipinski definition) is 1. The van der Waals surface area contributed by atoms with Gasteiger partial charge in [-0.15, -0.1) is 0 Å². The summed E-state index contributed by atoms with van der Waals surface area (Å²) >= 11 is 0. The fraction of sp³-hybridized carbons (Fsp3) is 1.00. The first kappa shape index (κ1) is 13.9. The van der Waals surface area contributed by atoms with Crippen molar-refractivity contribution in [1.29, 1.82) is 0 Å². The van der Waals surface area contributed by atoms with Crippen molar-refractivity contribution in [3.8, 4) is 0 Å². The Balaban J connectivity index is 2.31. The van der Waals surface area contributed by atoms with E-state index in [2.05, 4.69) is 24.1 Å². The summed E-state index contributed by atoms with van der Waals surface area (Å²) in [5, 5.41) is 3.51. The minimum atomic E-state index is 0.390. The van der Waals surface area contributed by atoms with Gasteiger partial charge in [-0.1, -0.05) is 0 Å². The Labute approximate surface area is 99.3 Å². The van der Waals surface area contributed by atoms with Crippen LogP contribution in [0.5, 0.6) is 0 Å². The third kappa shape index (κ3) is 4.37. The molecule has 0 aliphatic carbocycles. The van der Waals surface area contributed by atoms with Crippen molar-refractivity contribution < 1.29 is 9.47 Å². The van der Waals surface area contributed by atoms with Gasteiger partial charge in [0.2, 0.25) is 0 Å². The fourth-order valence-corrected chi connectivity index (χ4v) is 2.15. The predicted octanol–water partition coefficient (Wildman–Crippen LogP) is 0.720. The summed E-state index contributed by atoms with van der Waals surface area (Å²) in [5.41, 5.74) is 0. The van der Waals surface area contributed by atoms with Crippen LogP contribution in [0.1, 0.15) is 20.3 Å². The van der Waals surface area contributed by atoms with Crippen molar-refractivity contribution in [3.05, 3.63) is 0 Å². The monoisotopic (exact) mass is 230 g/mol. The average molecular weight is 230 g/mol. The van der Waals surface area contributed by atoms with Crippen LogP contribution in [0.15, 0.2) is 0 Å². The van der Waals surface area contributed by atoms with E-state index in [1.807, 2.05) is 0 Å². The van der Waals surface area contributed by atoms with E-state index in [-0.39, 0.29) is 0 Å². The van der Waals surface area contributed by atoms with Gasteiger partial charge in [-0.25, -0.2) is 0 Å². The molecular formula is C12H26N2O2. The zero-order valence-corrected chi connectivity index (χ0v) is 11.0. The van der Waals surface area contributed by atoms with Crippen molar-refractivity contribution in [3.63, 3.8) is 0 Å². The van der Waals surface area contributed by atoms with E-state index in [9.17, 15) is 0 Å². The first-order valence-electron chi connectivity index (χ1n) is 6.16. The molecule has 0 aromatic heterocycles. The van der Waals surface area contributed by atoms with E-state index < -0.39 is 0 Å². The normalized spacial score (nSPS) is 25.9. The van der Waals surface area contributed by atoms with Crippen molar-refractivity contribution >= 4 is 0 Å². The Morgan fingerprint density at radius 1 is 1.38 bits per heavy atom. The maximum absolute atomic E-state index is 5.36. The maximum atomic E-state index is 5.36. The minimum Gasteiger partial charge on any atom is -0.383 e. The maximum Gasteiger partial charge on any atom is 0.0711 e. The van der Waals surface area contributed by atoms with E-state index in [4.69, 9.17) is 9.47 Å². The van der Waals surface area contributed by atoms with Gasteiger partial charge in [0.25, 0.3) is 0 Å². The smallest absolute Gasteiger partial charge is 0.0711 e. The second-order valence-electron chi connectivity index (χ2n) is 4.78. The second-order valence-corrected chi connectivity index (χ2v) is 4.78. The van der Waals surface area contributed by atoms with Crippen LogP contribution in [-0.4, -0.2) is 63.5 Å². The van der Waals surface area contributed by atoms with Crippen LogP contribution in [0.3, 0.4) is 0 Å². The lowest BCUT2D eigenvalue weighted by atomic mass is 10.1. The van der Waals surface area contributed by atoms with E-state index in [0.717, 1.165) is 32.7 Å². The van der Waals surface area contributed by atoms with Crippen LogP contribution >= 0.6 is 0 Å². The lowest BCUT2D eigenvalue weighted by Crippen LogP contribution is -2.42. The third-order valence-corrected chi connectivity index (χ3v) is 3.28. The molecule has 1 fully saturated rings. The number of nitrogens with one attached hydrogen (secondary N) is 1. The predicted molar refractivity (Wildman–Crippen MR) is 65.8 cm³/mol. The molecule has 1 aliphatic rings. The van der Waals surface area contributed by atoms with Gasteiger partial charge < -0.3 is 14.8 Å². The van der Waals surface area contributed by atoms with Gasteiger partial charge in [0, 0.05) is 45.9 Å². The van der Waals surface area contributed by atoms with Gasteiger partial charge in [0.15, 0.2) is 0 Å². The highest BCUT2D eigenvalue weighted by Gasteiger charge is 2.25. The molecule has 1 aliphatic heterocycles. The minimum absolute atomic E-state index is 0.390. The van der Waals surface area contributed by atoms with Gasteiger partial charge in [-0.3, -0.25) is 4.90 Å². The lowest BCUT2D eigenvalue weighted by molar-refractivity contribution is 0.107. The Hall–Kier alpha value is -0.160. The molecule has 0 aromatic rings. The molecule has 4 heteroatoms. The summed E-state index contributed by atoms with van der Waals surface area (Å²) in [7, 11) is 3.55. The number of nitrogens with zero attached hydrogens (tertiary/aromatic N) is 1. The van der Waals surface area contributed by atoms with E-state index in [1.165, 1.54) is 0 Å². The Kier molecular flexibility index (Phi) is 6.28.